The number of allylic oxidation sites excluding steroid dienone is 4. The Kier molecular flexibility index (Phi) is 7.97. The number of fused-ring (bicyclic) bond motifs is 10. The van der Waals surface area contributed by atoms with Crippen LogP contribution in [0.15, 0.2) is 152 Å². The number of para-hydroxylation sites is 1. The Labute approximate surface area is 299 Å². The average molecular weight is 656 g/mol. The van der Waals surface area contributed by atoms with Gasteiger partial charge in [0.25, 0.3) is 0 Å². The van der Waals surface area contributed by atoms with Gasteiger partial charge in [-0.2, -0.15) is 0 Å². The van der Waals surface area contributed by atoms with Crippen LogP contribution < -0.4 is 10.4 Å². The van der Waals surface area contributed by atoms with E-state index in [9.17, 15) is 0 Å². The van der Waals surface area contributed by atoms with Gasteiger partial charge in [-0.05, 0) is 97.8 Å². The number of nitrogens with zero attached hydrogens (tertiary/aromatic N) is 1. The standard InChI is InChI=1S/C48H35N.C2H6/c1-2-10-32(11-3-1)33-18-20-34(21-19-33)35-22-24-36(25-23-35)37-26-29-39(30-27-37)49-45-17-9-8-16-44(45)47-46-40-13-5-4-12-38(40)28-31-42(46)41-14-6-7-15-43(41)48(47)49;1-2/h1-3,6-26,28-29,31H,4-5,27,30H2;1-2H3. The van der Waals surface area contributed by atoms with Crippen molar-refractivity contribution in [1.29, 1.82) is 0 Å². The lowest BCUT2D eigenvalue weighted by atomic mass is 9.92. The number of hydrogen-bond acceptors (Lipinski definition) is 0. The van der Waals surface area contributed by atoms with Crippen molar-refractivity contribution in [2.24, 2.45) is 0 Å². The minimum Gasteiger partial charge on any atom is -0.312 e. The van der Waals surface area contributed by atoms with Crippen molar-refractivity contribution >= 4 is 66.8 Å². The lowest BCUT2D eigenvalue weighted by Gasteiger charge is -2.19. The maximum Gasteiger partial charge on any atom is 0.0622 e. The Bertz CT molecular complexity index is 2770. The smallest absolute Gasteiger partial charge is 0.0622 e. The van der Waals surface area contributed by atoms with Crippen molar-refractivity contribution in [2.75, 3.05) is 0 Å². The van der Waals surface area contributed by atoms with Crippen LogP contribution >= 0.6 is 0 Å². The molecule has 1 nitrogen and oxygen atoms in total. The molecular weight excluding hydrogens is 615 g/mol. The molecule has 0 fully saturated rings. The molecule has 7 aromatic carbocycles. The van der Waals surface area contributed by atoms with E-state index in [-0.39, 0.29) is 0 Å². The second-order valence-electron chi connectivity index (χ2n) is 13.5. The van der Waals surface area contributed by atoms with Gasteiger partial charge in [-0.15, -0.1) is 0 Å². The molecule has 1 heteroatoms. The fraction of sp³-hybridized carbons (Fsp3) is 0.120. The van der Waals surface area contributed by atoms with Gasteiger partial charge in [0.1, 0.15) is 0 Å². The van der Waals surface area contributed by atoms with Crippen LogP contribution in [0.25, 0.3) is 89.0 Å². The van der Waals surface area contributed by atoms with Gasteiger partial charge < -0.3 is 4.57 Å². The van der Waals surface area contributed by atoms with Crippen molar-refractivity contribution in [3.63, 3.8) is 0 Å². The van der Waals surface area contributed by atoms with Crippen molar-refractivity contribution in [1.82, 2.24) is 4.57 Å². The zero-order valence-corrected chi connectivity index (χ0v) is 29.4. The van der Waals surface area contributed by atoms with E-state index in [0.717, 1.165) is 25.7 Å². The summed E-state index contributed by atoms with van der Waals surface area (Å²) >= 11 is 0. The fourth-order valence-electron chi connectivity index (χ4n) is 8.38. The Hall–Kier alpha value is -5.92. The molecule has 1 heterocycles. The molecule has 0 amide bonds. The number of hydrogen-bond donors (Lipinski definition) is 0. The molecular formula is C50H41N. The Morgan fingerprint density at radius 2 is 1.02 bits per heavy atom. The van der Waals surface area contributed by atoms with Crippen LogP contribution in [0.4, 0.5) is 0 Å². The molecule has 2 aliphatic carbocycles. The predicted molar refractivity (Wildman–Crippen MR) is 222 cm³/mol. The normalized spacial score (nSPS) is 13.9. The number of benzene rings is 7. The summed E-state index contributed by atoms with van der Waals surface area (Å²) in [5.74, 6) is 0. The predicted octanol–water partition coefficient (Wildman–Crippen LogP) is 12.5. The van der Waals surface area contributed by atoms with Crippen LogP contribution in [0.1, 0.15) is 45.1 Å². The zero-order chi connectivity index (χ0) is 34.3. The molecule has 0 saturated heterocycles. The number of rotatable bonds is 4. The molecule has 10 rings (SSSR count). The van der Waals surface area contributed by atoms with E-state index in [0.29, 0.717) is 0 Å². The molecule has 246 valence electrons. The van der Waals surface area contributed by atoms with Crippen LogP contribution in [0.3, 0.4) is 0 Å². The lowest BCUT2D eigenvalue weighted by molar-refractivity contribution is 0.993. The molecule has 0 bridgehead atoms. The SMILES string of the molecule is C1=C(c2ccc(-c3ccc(-c4ccccc4)cc3)cc2)CCC(n2c3ccccc3c3c4c5c(ccc4c4ccccc4c32)=CCCC=5)=C1.CC. The summed E-state index contributed by atoms with van der Waals surface area (Å²) < 4.78 is 2.58. The van der Waals surface area contributed by atoms with Gasteiger partial charge in [-0.1, -0.05) is 166 Å². The average Bonchev–Trinajstić information content (AvgIpc) is 3.57. The monoisotopic (exact) mass is 655 g/mol. The van der Waals surface area contributed by atoms with E-state index in [1.54, 1.807) is 0 Å². The second kappa shape index (κ2) is 13.1. The minimum absolute atomic E-state index is 0.988. The van der Waals surface area contributed by atoms with Gasteiger partial charge in [0, 0.05) is 21.9 Å². The van der Waals surface area contributed by atoms with Gasteiger partial charge in [0.2, 0.25) is 0 Å². The first kappa shape index (κ1) is 31.1. The molecule has 0 atom stereocenters. The molecule has 0 saturated carbocycles. The van der Waals surface area contributed by atoms with Gasteiger partial charge in [-0.3, -0.25) is 0 Å². The van der Waals surface area contributed by atoms with Crippen LogP contribution in [-0.4, -0.2) is 4.57 Å². The fourth-order valence-corrected chi connectivity index (χ4v) is 8.38. The first-order valence-corrected chi connectivity index (χ1v) is 18.6. The third-order valence-corrected chi connectivity index (χ3v) is 10.8. The maximum absolute atomic E-state index is 2.58. The van der Waals surface area contributed by atoms with E-state index < -0.39 is 0 Å². The van der Waals surface area contributed by atoms with Gasteiger partial charge in [0.15, 0.2) is 0 Å². The summed E-state index contributed by atoms with van der Waals surface area (Å²) in [4.78, 5) is 0. The summed E-state index contributed by atoms with van der Waals surface area (Å²) in [6.45, 7) is 4.00. The highest BCUT2D eigenvalue weighted by molar-refractivity contribution is 6.32. The number of aromatic nitrogens is 1. The van der Waals surface area contributed by atoms with Crippen molar-refractivity contribution < 1.29 is 0 Å². The van der Waals surface area contributed by atoms with Gasteiger partial charge in [-0.25, -0.2) is 0 Å². The highest BCUT2D eigenvalue weighted by Crippen LogP contribution is 2.43. The minimum atomic E-state index is 0.988. The van der Waals surface area contributed by atoms with E-state index in [4.69, 9.17) is 0 Å². The molecule has 0 aliphatic heterocycles. The topological polar surface area (TPSA) is 4.93 Å². The molecule has 2 aliphatic rings. The summed E-state index contributed by atoms with van der Waals surface area (Å²) in [6, 6.07) is 51.4. The van der Waals surface area contributed by atoms with Crippen LogP contribution in [-0.2, 0) is 0 Å². The lowest BCUT2D eigenvalue weighted by Crippen LogP contribution is -2.27. The van der Waals surface area contributed by atoms with Crippen LogP contribution in [0.2, 0.25) is 0 Å². The molecule has 0 N–H and O–H groups in total. The van der Waals surface area contributed by atoms with Crippen molar-refractivity contribution in [3.8, 4) is 22.3 Å². The van der Waals surface area contributed by atoms with Crippen LogP contribution in [0.5, 0.6) is 0 Å². The summed E-state index contributed by atoms with van der Waals surface area (Å²) in [7, 11) is 0. The quantitative estimate of drug-likeness (QED) is 0.166. The zero-order valence-electron chi connectivity index (χ0n) is 29.4. The molecule has 0 spiro atoms. The van der Waals surface area contributed by atoms with Crippen LogP contribution in [0, 0.1) is 0 Å². The largest absolute Gasteiger partial charge is 0.312 e. The molecule has 8 aromatic rings. The molecule has 0 radical (unpaired) electrons. The van der Waals surface area contributed by atoms with E-state index in [1.165, 1.54) is 92.9 Å². The Morgan fingerprint density at radius 1 is 0.431 bits per heavy atom. The molecule has 1 aromatic heterocycles. The molecule has 51 heavy (non-hydrogen) atoms. The highest BCUT2D eigenvalue weighted by atomic mass is 15.0. The Balaban J connectivity index is 0.00000171. The van der Waals surface area contributed by atoms with E-state index in [1.807, 2.05) is 13.8 Å². The first-order valence-electron chi connectivity index (χ1n) is 18.6. The van der Waals surface area contributed by atoms with E-state index >= 15 is 0 Å². The highest BCUT2D eigenvalue weighted by Gasteiger charge is 2.21. The summed E-state index contributed by atoms with van der Waals surface area (Å²) in [5, 5.41) is 10.9. The Morgan fingerprint density at radius 3 is 1.71 bits per heavy atom. The summed E-state index contributed by atoms with van der Waals surface area (Å²) in [6.07, 6.45) is 13.8. The van der Waals surface area contributed by atoms with Gasteiger partial charge >= 0.3 is 0 Å². The third-order valence-electron chi connectivity index (χ3n) is 10.8. The summed E-state index contributed by atoms with van der Waals surface area (Å²) in [5.41, 5.74) is 11.7. The molecule has 0 unspecified atom stereocenters. The van der Waals surface area contributed by atoms with Crippen molar-refractivity contribution in [3.05, 3.63) is 168 Å². The van der Waals surface area contributed by atoms with Crippen molar-refractivity contribution in [2.45, 2.75) is 39.5 Å². The second-order valence-corrected chi connectivity index (χ2v) is 13.5. The third kappa shape index (κ3) is 5.24. The maximum atomic E-state index is 2.58. The van der Waals surface area contributed by atoms with Gasteiger partial charge in [0.05, 0.1) is 11.0 Å². The first-order chi connectivity index (χ1) is 25.3. The van der Waals surface area contributed by atoms with E-state index in [2.05, 4.69) is 168 Å².